The van der Waals surface area contributed by atoms with E-state index in [0.29, 0.717) is 22.3 Å². The van der Waals surface area contributed by atoms with E-state index in [1.54, 1.807) is 84.9 Å². The minimum absolute atomic E-state index is 0.0255. The van der Waals surface area contributed by atoms with Gasteiger partial charge in [0.25, 0.3) is 5.91 Å². The third-order valence-corrected chi connectivity index (χ3v) is 5.80. The molecular weight excluding hydrogens is 492 g/mol. The van der Waals surface area contributed by atoms with Crippen LogP contribution >= 0.6 is 0 Å². The molecule has 39 heavy (non-hydrogen) atoms. The van der Waals surface area contributed by atoms with Crippen LogP contribution in [0.5, 0.6) is 11.5 Å². The summed E-state index contributed by atoms with van der Waals surface area (Å²) in [4.78, 5) is 37.8. The van der Waals surface area contributed by atoms with E-state index in [4.69, 9.17) is 9.47 Å². The Morgan fingerprint density at radius 2 is 1.26 bits per heavy atom. The lowest BCUT2D eigenvalue weighted by molar-refractivity contribution is 0.0732. The van der Waals surface area contributed by atoms with E-state index >= 15 is 0 Å². The zero-order valence-electron chi connectivity index (χ0n) is 21.9. The van der Waals surface area contributed by atoms with E-state index in [1.165, 1.54) is 12.3 Å². The molecule has 0 unspecified atom stereocenters. The molecule has 196 valence electrons. The number of carbonyl (C=O) groups is 3. The first kappa shape index (κ1) is 27.0. The van der Waals surface area contributed by atoms with E-state index in [1.807, 2.05) is 12.1 Å². The molecule has 7 heteroatoms. The molecule has 1 amide bonds. The van der Waals surface area contributed by atoms with Crippen LogP contribution in [0.3, 0.4) is 0 Å². The summed E-state index contributed by atoms with van der Waals surface area (Å²) in [5.41, 5.74) is 5.15. The molecule has 0 saturated carbocycles. The van der Waals surface area contributed by atoms with Gasteiger partial charge in [0.15, 0.2) is 0 Å². The van der Waals surface area contributed by atoms with Crippen molar-refractivity contribution in [3.05, 3.63) is 131 Å². The molecule has 4 aromatic rings. The second-order valence-corrected chi connectivity index (χ2v) is 9.74. The Labute approximate surface area is 227 Å². The second-order valence-electron chi connectivity index (χ2n) is 9.74. The maximum Gasteiger partial charge on any atom is 0.343 e. The maximum atomic E-state index is 12.7. The molecule has 0 aliphatic heterocycles. The average Bonchev–Trinajstić information content (AvgIpc) is 2.94. The Morgan fingerprint density at radius 3 is 1.82 bits per heavy atom. The molecule has 0 atom stereocenters. The zero-order valence-corrected chi connectivity index (χ0v) is 21.9. The number of hydrogen-bond donors (Lipinski definition) is 1. The number of hydrazone groups is 1. The van der Waals surface area contributed by atoms with Crippen molar-refractivity contribution in [2.24, 2.45) is 5.10 Å². The normalized spacial score (nSPS) is 11.2. The summed E-state index contributed by atoms with van der Waals surface area (Å²) in [6.45, 7) is 6.30. The minimum Gasteiger partial charge on any atom is -0.423 e. The lowest BCUT2D eigenvalue weighted by atomic mass is 9.87. The summed E-state index contributed by atoms with van der Waals surface area (Å²) < 4.78 is 11.1. The molecule has 7 nitrogen and oxygen atoms in total. The molecule has 4 aromatic carbocycles. The molecule has 0 saturated heterocycles. The van der Waals surface area contributed by atoms with Gasteiger partial charge in [-0.1, -0.05) is 69.3 Å². The molecule has 0 aliphatic carbocycles. The number of benzene rings is 4. The first-order valence-corrected chi connectivity index (χ1v) is 12.3. The highest BCUT2D eigenvalue weighted by molar-refractivity contribution is 5.96. The fourth-order valence-corrected chi connectivity index (χ4v) is 3.59. The molecule has 0 heterocycles. The van der Waals surface area contributed by atoms with Crippen molar-refractivity contribution in [2.45, 2.75) is 26.2 Å². The van der Waals surface area contributed by atoms with Gasteiger partial charge in [-0.15, -0.1) is 0 Å². The number of carbonyl (C=O) groups excluding carboxylic acids is 3. The van der Waals surface area contributed by atoms with Crippen molar-refractivity contribution in [1.29, 1.82) is 0 Å². The van der Waals surface area contributed by atoms with E-state index < -0.39 is 11.9 Å². The Bertz CT molecular complexity index is 1490. The van der Waals surface area contributed by atoms with Gasteiger partial charge >= 0.3 is 11.9 Å². The van der Waals surface area contributed by atoms with Crippen LogP contribution in [-0.4, -0.2) is 24.1 Å². The summed E-state index contributed by atoms with van der Waals surface area (Å²) in [6.07, 6.45) is 1.36. The molecule has 0 radical (unpaired) electrons. The number of ether oxygens (including phenoxy) is 2. The highest BCUT2D eigenvalue weighted by Crippen LogP contribution is 2.26. The Balaban J connectivity index is 1.53. The third kappa shape index (κ3) is 7.26. The van der Waals surface area contributed by atoms with E-state index in [0.717, 1.165) is 5.56 Å². The quantitative estimate of drug-likeness (QED) is 0.136. The van der Waals surface area contributed by atoms with Crippen molar-refractivity contribution in [2.75, 3.05) is 0 Å². The highest BCUT2D eigenvalue weighted by Gasteiger charge is 2.16. The lowest BCUT2D eigenvalue weighted by Crippen LogP contribution is -2.18. The Hall–Kier alpha value is -5.04. The molecule has 1 N–H and O–H groups in total. The van der Waals surface area contributed by atoms with Gasteiger partial charge in [-0.25, -0.2) is 15.0 Å². The van der Waals surface area contributed by atoms with Gasteiger partial charge in [0.2, 0.25) is 0 Å². The van der Waals surface area contributed by atoms with Gasteiger partial charge < -0.3 is 9.47 Å². The molecule has 0 aliphatic rings. The minimum atomic E-state index is -0.597. The van der Waals surface area contributed by atoms with Crippen molar-refractivity contribution >= 4 is 24.1 Å². The van der Waals surface area contributed by atoms with Crippen LogP contribution in [0.15, 0.2) is 108 Å². The lowest BCUT2D eigenvalue weighted by Gasteiger charge is -2.18. The van der Waals surface area contributed by atoms with Crippen LogP contribution in [-0.2, 0) is 5.41 Å². The van der Waals surface area contributed by atoms with Crippen molar-refractivity contribution in [3.63, 3.8) is 0 Å². The topological polar surface area (TPSA) is 94.1 Å². The SMILES string of the molecule is CC(C)(C)c1ccc(C(=O)N/N=C/c2ccc(OC(=O)c3ccccc3)cc2OC(=O)c2ccccc2)cc1. The second kappa shape index (κ2) is 12.0. The van der Waals surface area contributed by atoms with E-state index in [-0.39, 0.29) is 22.8 Å². The molecule has 4 rings (SSSR count). The van der Waals surface area contributed by atoms with Crippen LogP contribution in [0.25, 0.3) is 0 Å². The van der Waals surface area contributed by atoms with Gasteiger partial charge in [-0.3, -0.25) is 4.79 Å². The summed E-state index contributed by atoms with van der Waals surface area (Å²) >= 11 is 0. The summed E-state index contributed by atoms with van der Waals surface area (Å²) in [5.74, 6) is -1.25. The predicted molar refractivity (Wildman–Crippen MR) is 149 cm³/mol. The van der Waals surface area contributed by atoms with Crippen LogP contribution < -0.4 is 14.9 Å². The van der Waals surface area contributed by atoms with Gasteiger partial charge in [0, 0.05) is 17.2 Å². The van der Waals surface area contributed by atoms with Gasteiger partial charge in [0.05, 0.1) is 17.3 Å². The Morgan fingerprint density at radius 1 is 0.692 bits per heavy atom. The monoisotopic (exact) mass is 520 g/mol. The summed E-state index contributed by atoms with van der Waals surface area (Å²) in [6, 6.07) is 28.9. The fraction of sp³-hybridized carbons (Fsp3) is 0.125. The van der Waals surface area contributed by atoms with Gasteiger partial charge in [-0.2, -0.15) is 5.10 Å². The third-order valence-electron chi connectivity index (χ3n) is 5.80. The highest BCUT2D eigenvalue weighted by atomic mass is 16.5. The van der Waals surface area contributed by atoms with Crippen molar-refractivity contribution < 1.29 is 23.9 Å². The van der Waals surface area contributed by atoms with Crippen LogP contribution in [0.1, 0.15) is 63.0 Å². The fourth-order valence-electron chi connectivity index (χ4n) is 3.59. The smallest absolute Gasteiger partial charge is 0.343 e. The van der Waals surface area contributed by atoms with E-state index in [2.05, 4.69) is 31.3 Å². The number of esters is 2. The first-order chi connectivity index (χ1) is 18.7. The molecule has 0 fully saturated rings. The molecule has 0 spiro atoms. The molecule has 0 aromatic heterocycles. The molecule has 0 bridgehead atoms. The van der Waals surface area contributed by atoms with Crippen molar-refractivity contribution in [3.8, 4) is 11.5 Å². The first-order valence-electron chi connectivity index (χ1n) is 12.3. The van der Waals surface area contributed by atoms with Crippen molar-refractivity contribution in [1.82, 2.24) is 5.43 Å². The predicted octanol–water partition coefficient (Wildman–Crippen LogP) is 6.19. The number of rotatable bonds is 7. The zero-order chi connectivity index (χ0) is 27.8. The maximum absolute atomic E-state index is 12.7. The van der Waals surface area contributed by atoms with Crippen LogP contribution in [0.4, 0.5) is 0 Å². The number of nitrogens with one attached hydrogen (secondary N) is 1. The Kier molecular flexibility index (Phi) is 8.31. The van der Waals surface area contributed by atoms with E-state index in [9.17, 15) is 14.4 Å². The van der Waals surface area contributed by atoms with Gasteiger partial charge in [-0.05, 0) is 59.5 Å². The summed E-state index contributed by atoms with van der Waals surface area (Å²) in [7, 11) is 0. The molecular formula is C32H28N2O5. The van der Waals surface area contributed by atoms with Gasteiger partial charge in [0.1, 0.15) is 11.5 Å². The largest absolute Gasteiger partial charge is 0.423 e. The summed E-state index contributed by atoms with van der Waals surface area (Å²) in [5, 5.41) is 4.04. The standard InChI is InChI=1S/C32H28N2O5/c1-32(2,3)26-17-14-22(15-18-26)29(35)34-33-21-25-16-19-27(38-30(36)23-10-6-4-7-11-23)20-28(25)39-31(37)24-12-8-5-9-13-24/h4-21H,1-3H3,(H,34,35)/b33-21+. The number of hydrogen-bond acceptors (Lipinski definition) is 6. The van der Waals surface area contributed by atoms with Crippen LogP contribution in [0.2, 0.25) is 0 Å². The number of nitrogens with zero attached hydrogens (tertiary/aromatic N) is 1. The van der Waals surface area contributed by atoms with Crippen LogP contribution in [0, 0.1) is 0 Å². The number of amides is 1. The average molecular weight is 521 g/mol.